The highest BCUT2D eigenvalue weighted by Gasteiger charge is 2.33. The fourth-order valence-corrected chi connectivity index (χ4v) is 4.94. The highest BCUT2D eigenvalue weighted by atomic mass is 35.5. The molecule has 0 aliphatic carbocycles. The monoisotopic (exact) mass is 421 g/mol. The molecule has 0 saturated carbocycles. The molecule has 6 nitrogen and oxygen atoms in total. The number of piperidine rings is 1. The van der Waals surface area contributed by atoms with E-state index in [0.29, 0.717) is 29.7 Å². The fourth-order valence-electron chi connectivity index (χ4n) is 3.26. The molecule has 0 bridgehead atoms. The second-order valence-electron chi connectivity index (χ2n) is 6.62. The van der Waals surface area contributed by atoms with Crippen molar-refractivity contribution in [3.63, 3.8) is 0 Å². The highest BCUT2D eigenvalue weighted by molar-refractivity contribution is 7.89. The van der Waals surface area contributed by atoms with Gasteiger partial charge in [0.05, 0.1) is 10.8 Å². The van der Waals surface area contributed by atoms with E-state index < -0.39 is 15.8 Å². The van der Waals surface area contributed by atoms with Gasteiger partial charge in [-0.25, -0.2) is 12.8 Å². The van der Waals surface area contributed by atoms with Gasteiger partial charge in [-0.3, -0.25) is 0 Å². The summed E-state index contributed by atoms with van der Waals surface area (Å²) in [7, 11) is -3.79. The van der Waals surface area contributed by atoms with E-state index in [0.717, 1.165) is 18.1 Å². The Balaban J connectivity index is 1.55. The van der Waals surface area contributed by atoms with Gasteiger partial charge in [-0.15, -0.1) is 0 Å². The van der Waals surface area contributed by atoms with Gasteiger partial charge >= 0.3 is 0 Å². The first-order valence-corrected chi connectivity index (χ1v) is 10.6. The zero-order valence-corrected chi connectivity index (χ0v) is 16.3. The summed E-state index contributed by atoms with van der Waals surface area (Å²) in [5.74, 6) is 0.0191. The van der Waals surface area contributed by atoms with Crippen LogP contribution < -0.4 is 0 Å². The topological polar surface area (TPSA) is 76.3 Å². The van der Waals surface area contributed by atoms with Gasteiger partial charge < -0.3 is 4.52 Å². The molecular formula is C19H17ClFN3O3S. The Bertz CT molecular complexity index is 1090. The number of nitrogens with zero attached hydrogens (tertiary/aromatic N) is 3. The maximum Gasteiger partial charge on any atom is 0.243 e. The van der Waals surface area contributed by atoms with E-state index in [1.54, 1.807) is 24.3 Å². The molecule has 146 valence electrons. The maximum absolute atomic E-state index is 13.5. The van der Waals surface area contributed by atoms with Crippen LogP contribution >= 0.6 is 11.6 Å². The van der Waals surface area contributed by atoms with Crippen molar-refractivity contribution in [3.05, 3.63) is 65.3 Å². The van der Waals surface area contributed by atoms with Crippen molar-refractivity contribution in [2.24, 2.45) is 0 Å². The lowest BCUT2D eigenvalue weighted by Gasteiger charge is -2.30. The Morgan fingerprint density at radius 1 is 1.18 bits per heavy atom. The van der Waals surface area contributed by atoms with E-state index in [2.05, 4.69) is 10.1 Å². The first-order valence-electron chi connectivity index (χ1n) is 8.79. The number of rotatable bonds is 4. The molecule has 2 aromatic carbocycles. The van der Waals surface area contributed by atoms with Crippen molar-refractivity contribution < 1.29 is 17.3 Å². The van der Waals surface area contributed by atoms with Gasteiger partial charge in [0.2, 0.25) is 21.7 Å². The van der Waals surface area contributed by atoms with Crippen molar-refractivity contribution in [1.82, 2.24) is 14.4 Å². The summed E-state index contributed by atoms with van der Waals surface area (Å²) in [6, 6.07) is 12.1. The number of hydrogen-bond donors (Lipinski definition) is 0. The van der Waals surface area contributed by atoms with Gasteiger partial charge in [0.15, 0.2) is 0 Å². The number of hydrogen-bond acceptors (Lipinski definition) is 5. The molecule has 2 heterocycles. The van der Waals surface area contributed by atoms with Crippen LogP contribution in [0, 0.1) is 5.82 Å². The molecule has 0 unspecified atom stereocenters. The molecule has 0 N–H and O–H groups in total. The van der Waals surface area contributed by atoms with Crippen molar-refractivity contribution >= 4 is 21.6 Å². The number of benzene rings is 2. The molecule has 9 heteroatoms. The van der Waals surface area contributed by atoms with Crippen LogP contribution in [-0.4, -0.2) is 36.0 Å². The van der Waals surface area contributed by atoms with Crippen LogP contribution in [0.4, 0.5) is 4.39 Å². The summed E-state index contributed by atoms with van der Waals surface area (Å²) in [6.45, 7) is 0.578. The minimum Gasteiger partial charge on any atom is -0.339 e. The largest absolute Gasteiger partial charge is 0.339 e. The zero-order valence-electron chi connectivity index (χ0n) is 14.8. The van der Waals surface area contributed by atoms with E-state index in [-0.39, 0.29) is 17.4 Å². The predicted octanol–water partition coefficient (Wildman–Crippen LogP) is 4.10. The standard InChI is InChI=1S/C19H17ClFN3O3S/c20-15-8-6-13(7-9-15)18-22-19(27-23-18)14-3-2-10-24(12-14)28(25,26)17-5-1-4-16(21)11-17/h1,4-9,11,14H,2-3,10,12H2/t14-/m1/s1. The van der Waals surface area contributed by atoms with Gasteiger partial charge in [0, 0.05) is 23.7 Å². The van der Waals surface area contributed by atoms with Crippen LogP contribution in [0.2, 0.25) is 5.02 Å². The third-order valence-corrected chi connectivity index (χ3v) is 6.82. The van der Waals surface area contributed by atoms with Gasteiger partial charge in [-0.2, -0.15) is 9.29 Å². The third kappa shape index (κ3) is 3.80. The molecule has 1 atom stereocenters. The summed E-state index contributed by atoms with van der Waals surface area (Å²) in [5, 5.41) is 4.61. The van der Waals surface area contributed by atoms with Gasteiger partial charge in [0.1, 0.15) is 5.82 Å². The maximum atomic E-state index is 13.5. The van der Waals surface area contributed by atoms with Crippen LogP contribution in [0.5, 0.6) is 0 Å². The zero-order chi connectivity index (χ0) is 19.7. The van der Waals surface area contributed by atoms with Crippen LogP contribution in [0.15, 0.2) is 57.9 Å². The van der Waals surface area contributed by atoms with Crippen molar-refractivity contribution in [1.29, 1.82) is 0 Å². The smallest absolute Gasteiger partial charge is 0.243 e. The number of halogens is 2. The van der Waals surface area contributed by atoms with E-state index in [9.17, 15) is 12.8 Å². The SMILES string of the molecule is O=S(=O)(c1cccc(F)c1)N1CCC[C@@H](c2nc(-c3ccc(Cl)cc3)no2)C1. The van der Waals surface area contributed by atoms with E-state index in [1.807, 2.05) is 0 Å². The normalized spacial score (nSPS) is 18.3. The molecule has 0 spiro atoms. The summed E-state index contributed by atoms with van der Waals surface area (Å²) >= 11 is 5.89. The number of sulfonamides is 1. The molecule has 1 aliphatic rings. The van der Waals surface area contributed by atoms with Crippen molar-refractivity contribution in [2.45, 2.75) is 23.7 Å². The lowest BCUT2D eigenvalue weighted by atomic mass is 10.00. The molecule has 0 radical (unpaired) electrons. The second-order valence-corrected chi connectivity index (χ2v) is 9.00. The Morgan fingerprint density at radius 3 is 2.71 bits per heavy atom. The van der Waals surface area contributed by atoms with Crippen LogP contribution in [0.3, 0.4) is 0 Å². The lowest BCUT2D eigenvalue weighted by Crippen LogP contribution is -2.39. The van der Waals surface area contributed by atoms with Crippen LogP contribution in [0.1, 0.15) is 24.7 Å². The van der Waals surface area contributed by atoms with Gasteiger partial charge in [0.25, 0.3) is 0 Å². The Morgan fingerprint density at radius 2 is 1.96 bits per heavy atom. The molecule has 1 aromatic heterocycles. The molecule has 28 heavy (non-hydrogen) atoms. The summed E-state index contributed by atoms with van der Waals surface area (Å²) in [6.07, 6.45) is 1.38. The Labute approximate surface area is 167 Å². The van der Waals surface area contributed by atoms with E-state index in [1.165, 1.54) is 22.5 Å². The van der Waals surface area contributed by atoms with Gasteiger partial charge in [-0.1, -0.05) is 22.8 Å². The first kappa shape index (κ1) is 19.0. The molecule has 4 rings (SSSR count). The minimum absolute atomic E-state index is 0.0551. The molecule has 0 amide bonds. The van der Waals surface area contributed by atoms with Crippen LogP contribution in [-0.2, 0) is 10.0 Å². The fraction of sp³-hybridized carbons (Fsp3) is 0.263. The first-order chi connectivity index (χ1) is 13.4. The minimum atomic E-state index is -3.79. The molecular weight excluding hydrogens is 405 g/mol. The quantitative estimate of drug-likeness (QED) is 0.634. The van der Waals surface area contributed by atoms with E-state index in [4.69, 9.17) is 16.1 Å². The van der Waals surface area contributed by atoms with Crippen molar-refractivity contribution in [2.75, 3.05) is 13.1 Å². The molecule has 1 saturated heterocycles. The lowest BCUT2D eigenvalue weighted by molar-refractivity contribution is 0.265. The molecule has 3 aromatic rings. The summed E-state index contributed by atoms with van der Waals surface area (Å²) in [5.41, 5.74) is 0.763. The molecule has 1 aliphatic heterocycles. The second kappa shape index (κ2) is 7.62. The predicted molar refractivity (Wildman–Crippen MR) is 102 cm³/mol. The third-order valence-electron chi connectivity index (χ3n) is 4.71. The van der Waals surface area contributed by atoms with Crippen LogP contribution in [0.25, 0.3) is 11.4 Å². The highest BCUT2D eigenvalue weighted by Crippen LogP contribution is 2.31. The van der Waals surface area contributed by atoms with E-state index >= 15 is 0 Å². The Kier molecular flexibility index (Phi) is 5.18. The molecule has 1 fully saturated rings. The Hall–Kier alpha value is -2.29. The average molecular weight is 422 g/mol. The van der Waals surface area contributed by atoms with Gasteiger partial charge in [-0.05, 0) is 55.3 Å². The van der Waals surface area contributed by atoms with Crippen molar-refractivity contribution in [3.8, 4) is 11.4 Å². The summed E-state index contributed by atoms with van der Waals surface area (Å²) < 4.78 is 45.9. The number of aromatic nitrogens is 2. The summed E-state index contributed by atoms with van der Waals surface area (Å²) in [4.78, 5) is 4.38. The average Bonchev–Trinajstić information content (AvgIpc) is 3.19.